The highest BCUT2D eigenvalue weighted by molar-refractivity contribution is 7.15. The summed E-state index contributed by atoms with van der Waals surface area (Å²) in [6.45, 7) is 0.882. The number of furan rings is 1. The van der Waals surface area contributed by atoms with E-state index >= 15 is 0 Å². The van der Waals surface area contributed by atoms with Gasteiger partial charge in [0, 0.05) is 31.0 Å². The molecule has 1 N–H and O–H groups in total. The molecule has 4 heterocycles. The van der Waals surface area contributed by atoms with E-state index in [1.54, 1.807) is 11.0 Å². The number of thiazole rings is 1. The first-order valence-corrected chi connectivity index (χ1v) is 8.98. The van der Waals surface area contributed by atoms with Gasteiger partial charge in [-0.05, 0) is 12.1 Å². The number of aromatic nitrogens is 3. The molecule has 0 radical (unpaired) electrons. The fourth-order valence-electron chi connectivity index (χ4n) is 2.76. The Morgan fingerprint density at radius 1 is 1.30 bits per heavy atom. The largest absolute Gasteiger partial charge is 0.472 e. The molecule has 1 aliphatic heterocycles. The molecule has 1 aliphatic rings. The maximum absolute atomic E-state index is 12.7. The van der Waals surface area contributed by atoms with Gasteiger partial charge in [-0.15, -0.1) is 0 Å². The van der Waals surface area contributed by atoms with Gasteiger partial charge in [-0.1, -0.05) is 11.3 Å². The smallest absolute Gasteiger partial charge is 0.274 e. The van der Waals surface area contributed by atoms with Crippen molar-refractivity contribution in [3.8, 4) is 0 Å². The predicted octanol–water partition coefficient (Wildman–Crippen LogP) is 1.28. The molecule has 0 unspecified atom stereocenters. The van der Waals surface area contributed by atoms with Crippen LogP contribution in [-0.4, -0.2) is 38.0 Å². The topological polar surface area (TPSA) is 110 Å². The number of aryl methyl sites for hydroxylation is 1. The number of carbonyl (C=O) groups excluding carboxylic acids is 2. The summed E-state index contributed by atoms with van der Waals surface area (Å²) in [5, 5.41) is 7.24. The molecule has 0 saturated heterocycles. The van der Waals surface area contributed by atoms with Crippen LogP contribution >= 0.6 is 11.3 Å². The summed E-state index contributed by atoms with van der Waals surface area (Å²) in [6.07, 6.45) is 3.38. The van der Waals surface area contributed by atoms with E-state index in [1.807, 2.05) is 0 Å². The van der Waals surface area contributed by atoms with Crippen LogP contribution in [0.4, 0.5) is 5.13 Å². The van der Waals surface area contributed by atoms with E-state index in [2.05, 4.69) is 15.4 Å². The maximum Gasteiger partial charge on any atom is 0.274 e. The maximum atomic E-state index is 12.7. The van der Waals surface area contributed by atoms with Gasteiger partial charge in [0.2, 0.25) is 0 Å². The highest BCUT2D eigenvalue weighted by atomic mass is 32.1. The minimum Gasteiger partial charge on any atom is -0.472 e. The average Bonchev–Trinajstić information content (AvgIpc) is 3.32. The molecule has 0 aromatic carbocycles. The minimum atomic E-state index is -0.294. The molecule has 9 nitrogen and oxygen atoms in total. The fourth-order valence-corrected chi connectivity index (χ4v) is 3.78. The summed E-state index contributed by atoms with van der Waals surface area (Å²) >= 11 is 1.34. The highest BCUT2D eigenvalue weighted by Gasteiger charge is 2.26. The van der Waals surface area contributed by atoms with Crippen molar-refractivity contribution in [3.63, 3.8) is 0 Å². The van der Waals surface area contributed by atoms with Gasteiger partial charge in [0.15, 0.2) is 5.13 Å². The molecular formula is C17H15N5O4S. The molecule has 3 aromatic rings. The number of carbonyl (C=O) groups is 2. The van der Waals surface area contributed by atoms with Crippen molar-refractivity contribution in [1.29, 1.82) is 0 Å². The van der Waals surface area contributed by atoms with Crippen LogP contribution < -0.4 is 10.9 Å². The SMILES string of the molecule is Cn1nc(C(=O)N2CCc3nc(NC(=O)c4ccoc4)sc3C2)ccc1=O. The van der Waals surface area contributed by atoms with Crippen molar-refractivity contribution < 1.29 is 14.0 Å². The van der Waals surface area contributed by atoms with Gasteiger partial charge in [-0.3, -0.25) is 19.7 Å². The van der Waals surface area contributed by atoms with Crippen LogP contribution in [0.1, 0.15) is 31.4 Å². The third-order valence-corrected chi connectivity index (χ3v) is 5.20. The number of nitrogens with zero attached hydrogens (tertiary/aromatic N) is 4. The number of anilines is 1. The first-order valence-electron chi connectivity index (χ1n) is 8.17. The first kappa shape index (κ1) is 17.2. The summed E-state index contributed by atoms with van der Waals surface area (Å²) in [4.78, 5) is 43.2. The lowest BCUT2D eigenvalue weighted by Gasteiger charge is -2.25. The zero-order chi connectivity index (χ0) is 19.0. The van der Waals surface area contributed by atoms with Crippen LogP contribution in [0.3, 0.4) is 0 Å². The number of nitrogens with one attached hydrogen (secondary N) is 1. The molecule has 0 saturated carbocycles. The van der Waals surface area contributed by atoms with Crippen molar-refractivity contribution in [3.05, 3.63) is 62.9 Å². The Labute approximate surface area is 157 Å². The van der Waals surface area contributed by atoms with Crippen LogP contribution in [0.2, 0.25) is 0 Å². The van der Waals surface area contributed by atoms with Crippen molar-refractivity contribution in [2.24, 2.45) is 7.05 Å². The summed E-state index contributed by atoms with van der Waals surface area (Å²) in [7, 11) is 1.51. The second-order valence-electron chi connectivity index (χ2n) is 6.01. The molecule has 0 aliphatic carbocycles. The first-order chi connectivity index (χ1) is 13.0. The number of fused-ring (bicyclic) bond motifs is 1. The van der Waals surface area contributed by atoms with E-state index < -0.39 is 0 Å². The predicted molar refractivity (Wildman–Crippen MR) is 96.7 cm³/mol. The van der Waals surface area contributed by atoms with Crippen LogP contribution in [0.5, 0.6) is 0 Å². The zero-order valence-corrected chi connectivity index (χ0v) is 15.2. The molecule has 0 bridgehead atoms. The lowest BCUT2D eigenvalue weighted by atomic mass is 10.1. The summed E-state index contributed by atoms with van der Waals surface area (Å²) in [5.74, 6) is -0.536. The third-order valence-electron chi connectivity index (χ3n) is 4.20. The lowest BCUT2D eigenvalue weighted by molar-refractivity contribution is 0.0727. The van der Waals surface area contributed by atoms with E-state index in [0.717, 1.165) is 15.3 Å². The van der Waals surface area contributed by atoms with Gasteiger partial charge in [0.1, 0.15) is 12.0 Å². The molecule has 138 valence electrons. The molecule has 27 heavy (non-hydrogen) atoms. The molecule has 10 heteroatoms. The number of amides is 2. The molecule has 4 rings (SSSR count). The van der Waals surface area contributed by atoms with Crippen LogP contribution in [0, 0.1) is 0 Å². The Bertz CT molecular complexity index is 1070. The Hall–Kier alpha value is -3.27. The summed E-state index contributed by atoms with van der Waals surface area (Å²) < 4.78 is 6.04. The van der Waals surface area contributed by atoms with Gasteiger partial charge < -0.3 is 9.32 Å². The monoisotopic (exact) mass is 385 g/mol. The lowest BCUT2D eigenvalue weighted by Crippen LogP contribution is -2.37. The van der Waals surface area contributed by atoms with Gasteiger partial charge in [0.25, 0.3) is 17.4 Å². The molecule has 3 aromatic heterocycles. The standard InChI is InChI=1S/C17H15N5O4S/c1-21-14(23)3-2-12(20-21)16(25)22-6-4-11-13(8-22)27-17(18-11)19-15(24)10-5-7-26-9-10/h2-3,5,7,9H,4,6,8H2,1H3,(H,18,19,24). The second kappa shape index (κ2) is 6.80. The van der Waals surface area contributed by atoms with Crippen molar-refractivity contribution >= 4 is 28.3 Å². The van der Waals surface area contributed by atoms with E-state index in [-0.39, 0.29) is 23.1 Å². The van der Waals surface area contributed by atoms with Crippen molar-refractivity contribution in [2.45, 2.75) is 13.0 Å². The Kier molecular flexibility index (Phi) is 4.32. The highest BCUT2D eigenvalue weighted by Crippen LogP contribution is 2.29. The Morgan fingerprint density at radius 3 is 2.89 bits per heavy atom. The average molecular weight is 385 g/mol. The van der Waals surface area contributed by atoms with Crippen LogP contribution in [0.15, 0.2) is 39.9 Å². The van der Waals surface area contributed by atoms with E-state index in [0.29, 0.717) is 30.2 Å². The van der Waals surface area contributed by atoms with Gasteiger partial charge >= 0.3 is 0 Å². The van der Waals surface area contributed by atoms with Crippen LogP contribution in [-0.2, 0) is 20.0 Å². The minimum absolute atomic E-state index is 0.221. The number of rotatable bonds is 3. The van der Waals surface area contributed by atoms with Gasteiger partial charge in [-0.2, -0.15) is 5.10 Å². The molecule has 0 fully saturated rings. The van der Waals surface area contributed by atoms with E-state index in [1.165, 1.54) is 43.0 Å². The van der Waals surface area contributed by atoms with Gasteiger partial charge in [0.05, 0.1) is 24.1 Å². The van der Waals surface area contributed by atoms with E-state index in [4.69, 9.17) is 4.42 Å². The Balaban J connectivity index is 1.49. The summed E-state index contributed by atoms with van der Waals surface area (Å²) in [6, 6.07) is 4.33. The number of hydrogen-bond acceptors (Lipinski definition) is 7. The fraction of sp³-hybridized carbons (Fsp3) is 0.235. The molecule has 2 amide bonds. The molecule has 0 atom stereocenters. The van der Waals surface area contributed by atoms with E-state index in [9.17, 15) is 14.4 Å². The zero-order valence-electron chi connectivity index (χ0n) is 14.3. The van der Waals surface area contributed by atoms with Gasteiger partial charge in [-0.25, -0.2) is 9.67 Å². The summed E-state index contributed by atoms with van der Waals surface area (Å²) in [5.41, 5.74) is 1.24. The second-order valence-corrected chi connectivity index (χ2v) is 7.10. The quantitative estimate of drug-likeness (QED) is 0.727. The Morgan fingerprint density at radius 2 is 2.15 bits per heavy atom. The van der Waals surface area contributed by atoms with Crippen molar-refractivity contribution in [1.82, 2.24) is 19.7 Å². The number of hydrogen-bond donors (Lipinski definition) is 1. The third kappa shape index (κ3) is 3.38. The molecule has 0 spiro atoms. The van der Waals surface area contributed by atoms with Crippen molar-refractivity contribution in [2.75, 3.05) is 11.9 Å². The van der Waals surface area contributed by atoms with Crippen LogP contribution in [0.25, 0.3) is 0 Å². The normalized spacial score (nSPS) is 13.3. The molecular weight excluding hydrogens is 370 g/mol.